The molecule has 0 N–H and O–H groups in total. The van der Waals surface area contributed by atoms with E-state index in [1.54, 1.807) is 0 Å². The van der Waals surface area contributed by atoms with E-state index in [2.05, 4.69) is 12.2 Å². The van der Waals surface area contributed by atoms with E-state index in [0.717, 1.165) is 37.7 Å². The van der Waals surface area contributed by atoms with Crippen molar-refractivity contribution in [2.24, 2.45) is 29.1 Å². The monoisotopic (exact) mass is 578 g/mol. The van der Waals surface area contributed by atoms with Gasteiger partial charge in [0.25, 0.3) is 5.78 Å². The quantitative estimate of drug-likeness (QED) is 0.0950. The molecule has 0 spiro atoms. The number of ketones is 3. The Morgan fingerprint density at radius 3 is 2.26 bits per heavy atom. The average Bonchev–Trinajstić information content (AvgIpc) is 3.30. The van der Waals surface area contributed by atoms with Crippen molar-refractivity contribution >= 4 is 29.3 Å². The molecule has 1 aromatic rings. The lowest BCUT2D eigenvalue weighted by molar-refractivity contribution is -0.153. The van der Waals surface area contributed by atoms with Gasteiger partial charge in [-0.15, -0.1) is 0 Å². The van der Waals surface area contributed by atoms with Gasteiger partial charge < -0.3 is 9.47 Å². The van der Waals surface area contributed by atoms with Crippen molar-refractivity contribution in [1.82, 2.24) is 0 Å². The summed E-state index contributed by atoms with van der Waals surface area (Å²) in [5, 5.41) is 0. The van der Waals surface area contributed by atoms with E-state index in [9.17, 15) is 24.0 Å². The van der Waals surface area contributed by atoms with Crippen LogP contribution in [0.15, 0.2) is 54.6 Å². The van der Waals surface area contributed by atoms with Gasteiger partial charge in [0.1, 0.15) is 6.61 Å². The molecule has 0 heterocycles. The maximum absolute atomic E-state index is 12.6. The van der Waals surface area contributed by atoms with Gasteiger partial charge in [0, 0.05) is 18.3 Å². The number of allylic oxidation sites excluding steroid dienone is 4. The highest BCUT2D eigenvalue weighted by Gasteiger charge is 2.55. The fourth-order valence-electron chi connectivity index (χ4n) is 5.71. The van der Waals surface area contributed by atoms with Crippen molar-refractivity contribution in [2.45, 2.75) is 91.6 Å². The maximum atomic E-state index is 12.6. The second-order valence-electron chi connectivity index (χ2n) is 12.5. The second kappa shape index (κ2) is 16.3. The molecular formula is C35H46O7. The number of Topliss-reactive ketones (excluding diaryl/α,β-unsaturated/α-hetero) is 3. The van der Waals surface area contributed by atoms with E-state index in [1.807, 2.05) is 63.3 Å². The summed E-state index contributed by atoms with van der Waals surface area (Å²) in [5.74, 6) is -3.30. The maximum Gasteiger partial charge on any atom is 0.311 e. The van der Waals surface area contributed by atoms with Gasteiger partial charge in [0.05, 0.1) is 12.0 Å². The molecule has 2 saturated carbocycles. The number of rotatable bonds is 16. The number of carbonyl (C=O) groups excluding carboxylic acids is 5. The fourth-order valence-corrected chi connectivity index (χ4v) is 5.71. The van der Waals surface area contributed by atoms with Crippen LogP contribution in [0.2, 0.25) is 0 Å². The number of benzene rings is 1. The first-order chi connectivity index (χ1) is 20.1. The van der Waals surface area contributed by atoms with Crippen LogP contribution in [0.5, 0.6) is 0 Å². The number of unbranched alkanes of at least 4 members (excludes halogenated alkanes) is 5. The van der Waals surface area contributed by atoms with Crippen molar-refractivity contribution in [1.29, 1.82) is 0 Å². The number of hydrogen-bond acceptors (Lipinski definition) is 7. The predicted octanol–water partition coefficient (Wildman–Crippen LogP) is 6.53. The minimum absolute atomic E-state index is 0.0706. The predicted molar refractivity (Wildman–Crippen MR) is 160 cm³/mol. The highest BCUT2D eigenvalue weighted by Crippen LogP contribution is 2.48. The van der Waals surface area contributed by atoms with E-state index < -0.39 is 34.6 Å². The Kier molecular flexibility index (Phi) is 12.9. The van der Waals surface area contributed by atoms with Gasteiger partial charge in [0.2, 0.25) is 11.6 Å². The molecule has 2 aliphatic carbocycles. The zero-order valence-corrected chi connectivity index (χ0v) is 25.3. The lowest BCUT2D eigenvalue weighted by atomic mass is 9.83. The van der Waals surface area contributed by atoms with Crippen LogP contribution in [0.4, 0.5) is 0 Å². The molecule has 2 bridgehead atoms. The number of esters is 2. The molecule has 0 saturated heterocycles. The third-order valence-electron chi connectivity index (χ3n) is 8.14. The third-order valence-corrected chi connectivity index (χ3v) is 8.14. The summed E-state index contributed by atoms with van der Waals surface area (Å²) in [5.41, 5.74) is 0.477. The first kappa shape index (κ1) is 33.2. The summed E-state index contributed by atoms with van der Waals surface area (Å²) < 4.78 is 10.6. The Balaban J connectivity index is 1.40. The molecule has 2 unspecified atom stereocenters. The molecular weight excluding hydrogens is 532 g/mol. The average molecular weight is 579 g/mol. The molecule has 228 valence electrons. The van der Waals surface area contributed by atoms with Gasteiger partial charge in [-0.05, 0) is 83.1 Å². The van der Waals surface area contributed by atoms with Gasteiger partial charge in [-0.25, -0.2) is 0 Å². The number of hydrogen-bond donors (Lipinski definition) is 0. The van der Waals surface area contributed by atoms with Crippen LogP contribution in [0.3, 0.4) is 0 Å². The zero-order valence-electron chi connectivity index (χ0n) is 25.3. The molecule has 2 aliphatic rings. The fraction of sp³-hybridized carbons (Fsp3) is 0.571. The summed E-state index contributed by atoms with van der Waals surface area (Å²) in [4.78, 5) is 61.4. The second-order valence-corrected chi connectivity index (χ2v) is 12.5. The van der Waals surface area contributed by atoms with Gasteiger partial charge in [-0.2, -0.15) is 0 Å². The molecule has 4 atom stereocenters. The van der Waals surface area contributed by atoms with E-state index in [4.69, 9.17) is 9.47 Å². The Bertz CT molecular complexity index is 1140. The minimum atomic E-state index is -0.831. The Morgan fingerprint density at radius 2 is 1.52 bits per heavy atom. The van der Waals surface area contributed by atoms with E-state index in [0.29, 0.717) is 38.7 Å². The number of ether oxygens (including phenoxy) is 2. The first-order valence-corrected chi connectivity index (χ1v) is 15.4. The largest absolute Gasteiger partial charge is 0.465 e. The SMILES string of the molecule is CC(C)(C)C(=O)OCCCCCCC=CC1C(C/C=C\CCCC(=O)OCc2ccccc2)[C@H]2C[C@H]1C(=O)C(=O)C2=O. The molecule has 0 aliphatic heterocycles. The summed E-state index contributed by atoms with van der Waals surface area (Å²) >= 11 is 0. The van der Waals surface area contributed by atoms with Crippen LogP contribution in [0.1, 0.15) is 90.5 Å². The molecule has 0 amide bonds. The molecule has 3 rings (SSSR count). The summed E-state index contributed by atoms with van der Waals surface area (Å²) in [7, 11) is 0. The smallest absolute Gasteiger partial charge is 0.311 e. The number of fused-ring (bicyclic) bond motifs is 2. The van der Waals surface area contributed by atoms with Crippen LogP contribution in [-0.2, 0) is 40.1 Å². The Hall–Kier alpha value is -3.35. The van der Waals surface area contributed by atoms with Gasteiger partial charge in [-0.1, -0.05) is 67.5 Å². The van der Waals surface area contributed by atoms with Crippen LogP contribution in [-0.4, -0.2) is 35.9 Å². The molecule has 2 fully saturated rings. The lowest BCUT2D eigenvalue weighted by Crippen LogP contribution is -2.38. The molecule has 7 heteroatoms. The molecule has 1 aromatic carbocycles. The first-order valence-electron chi connectivity index (χ1n) is 15.4. The minimum Gasteiger partial charge on any atom is -0.465 e. The third kappa shape index (κ3) is 9.88. The van der Waals surface area contributed by atoms with Crippen molar-refractivity contribution in [3.8, 4) is 0 Å². The Labute approximate surface area is 250 Å². The molecule has 42 heavy (non-hydrogen) atoms. The van der Waals surface area contributed by atoms with E-state index >= 15 is 0 Å². The van der Waals surface area contributed by atoms with Crippen LogP contribution >= 0.6 is 0 Å². The number of carbonyl (C=O) groups is 5. The zero-order chi connectivity index (χ0) is 30.5. The van der Waals surface area contributed by atoms with Gasteiger partial charge in [-0.3, -0.25) is 24.0 Å². The standard InChI is InChI=1S/C35H46O7/c1-35(2,3)34(40)41-22-16-9-5-4-6-13-19-26-27(29-23-28(26)31(37)33(39)32(29)38)20-14-7-8-15-21-30(36)42-24-25-17-11-10-12-18-25/h7,10-14,17-19,26-29H,4-6,8-9,15-16,20-24H2,1-3H3/b14-7-,19-13?/t26?,27?,28-,29-/m1/s1. The van der Waals surface area contributed by atoms with E-state index in [1.165, 1.54) is 0 Å². The molecule has 7 nitrogen and oxygen atoms in total. The molecule has 0 radical (unpaired) electrons. The Morgan fingerprint density at radius 1 is 0.833 bits per heavy atom. The van der Waals surface area contributed by atoms with E-state index in [-0.39, 0.29) is 30.4 Å². The summed E-state index contributed by atoms with van der Waals surface area (Å²) in [6.07, 6.45) is 15.6. The van der Waals surface area contributed by atoms with Gasteiger partial charge >= 0.3 is 11.9 Å². The molecule has 0 aromatic heterocycles. The highest BCUT2D eigenvalue weighted by atomic mass is 16.5. The topological polar surface area (TPSA) is 104 Å². The normalized spacial score (nSPS) is 22.3. The summed E-state index contributed by atoms with van der Waals surface area (Å²) in [6.45, 7) is 6.24. The van der Waals surface area contributed by atoms with Crippen LogP contribution in [0.25, 0.3) is 0 Å². The van der Waals surface area contributed by atoms with Crippen LogP contribution < -0.4 is 0 Å². The van der Waals surface area contributed by atoms with Crippen molar-refractivity contribution in [3.63, 3.8) is 0 Å². The lowest BCUT2D eigenvalue weighted by Gasteiger charge is -2.19. The summed E-state index contributed by atoms with van der Waals surface area (Å²) in [6, 6.07) is 9.57. The van der Waals surface area contributed by atoms with Crippen LogP contribution in [0, 0.1) is 29.1 Å². The van der Waals surface area contributed by atoms with Crippen molar-refractivity contribution < 1.29 is 33.4 Å². The van der Waals surface area contributed by atoms with Gasteiger partial charge in [0.15, 0.2) is 0 Å². The van der Waals surface area contributed by atoms with Crippen molar-refractivity contribution in [2.75, 3.05) is 6.61 Å². The highest BCUT2D eigenvalue weighted by molar-refractivity contribution is 6.65. The van der Waals surface area contributed by atoms with Crippen molar-refractivity contribution in [3.05, 3.63) is 60.2 Å².